The first-order valence-corrected chi connectivity index (χ1v) is 7.93. The van der Waals surface area contributed by atoms with Gasteiger partial charge in [0.05, 0.1) is 0 Å². The predicted molar refractivity (Wildman–Crippen MR) is 75.6 cm³/mol. The molecule has 0 spiro atoms. The monoisotopic (exact) mass is 251 g/mol. The van der Waals surface area contributed by atoms with Crippen molar-refractivity contribution in [2.75, 3.05) is 19.6 Å². The van der Waals surface area contributed by atoms with Gasteiger partial charge in [0.1, 0.15) is 0 Å². The van der Waals surface area contributed by atoms with Gasteiger partial charge in [0.2, 0.25) is 0 Å². The average molecular weight is 251 g/mol. The van der Waals surface area contributed by atoms with Crippen LogP contribution >= 0.6 is 0 Å². The van der Waals surface area contributed by atoms with E-state index in [0.29, 0.717) is 5.54 Å². The molecular weight excluding hydrogens is 222 g/mol. The number of hydrogen-bond acceptors (Lipinski definition) is 3. The lowest BCUT2D eigenvalue weighted by atomic mass is 9.93. The van der Waals surface area contributed by atoms with Crippen LogP contribution in [0.15, 0.2) is 0 Å². The molecule has 3 atom stereocenters. The van der Waals surface area contributed by atoms with E-state index < -0.39 is 0 Å². The fourth-order valence-corrected chi connectivity index (χ4v) is 4.45. The van der Waals surface area contributed by atoms with Crippen molar-refractivity contribution in [1.29, 1.82) is 0 Å². The SMILES string of the molecule is CCC1CCC(C)N1C1(CN)CCN(C2CC2)C1. The number of likely N-dealkylation sites (tertiary alicyclic amines) is 2. The third-order valence-corrected chi connectivity index (χ3v) is 5.61. The smallest absolute Gasteiger partial charge is 0.0476 e. The third kappa shape index (κ3) is 2.00. The molecule has 3 unspecified atom stereocenters. The lowest BCUT2D eigenvalue weighted by Gasteiger charge is -2.44. The van der Waals surface area contributed by atoms with Gasteiger partial charge in [0.25, 0.3) is 0 Å². The van der Waals surface area contributed by atoms with E-state index >= 15 is 0 Å². The second-order valence-corrected chi connectivity index (χ2v) is 6.78. The van der Waals surface area contributed by atoms with Gasteiger partial charge in [-0.05, 0) is 45.4 Å². The minimum atomic E-state index is 0.291. The fraction of sp³-hybridized carbons (Fsp3) is 1.00. The van der Waals surface area contributed by atoms with Crippen LogP contribution in [-0.2, 0) is 0 Å². The van der Waals surface area contributed by atoms with Gasteiger partial charge in [0.15, 0.2) is 0 Å². The van der Waals surface area contributed by atoms with Crippen molar-refractivity contribution in [2.24, 2.45) is 5.73 Å². The Kier molecular flexibility index (Phi) is 3.41. The summed E-state index contributed by atoms with van der Waals surface area (Å²) in [5.41, 5.74) is 6.53. The lowest BCUT2D eigenvalue weighted by molar-refractivity contribution is 0.0507. The summed E-state index contributed by atoms with van der Waals surface area (Å²) in [5, 5.41) is 0. The molecule has 1 saturated carbocycles. The first kappa shape index (κ1) is 12.9. The molecule has 0 aromatic heterocycles. The Morgan fingerprint density at radius 2 is 2.00 bits per heavy atom. The van der Waals surface area contributed by atoms with Crippen molar-refractivity contribution in [2.45, 2.75) is 76.0 Å². The highest BCUT2D eigenvalue weighted by molar-refractivity contribution is 5.07. The van der Waals surface area contributed by atoms with Crippen LogP contribution < -0.4 is 5.73 Å². The van der Waals surface area contributed by atoms with Gasteiger partial charge in [-0.15, -0.1) is 0 Å². The molecule has 2 aliphatic heterocycles. The molecular formula is C15H29N3. The zero-order valence-electron chi connectivity index (χ0n) is 12.1. The van der Waals surface area contributed by atoms with E-state index in [-0.39, 0.29) is 0 Å². The maximum absolute atomic E-state index is 6.24. The lowest BCUT2D eigenvalue weighted by Crippen LogP contribution is -2.59. The van der Waals surface area contributed by atoms with Crippen LogP contribution in [0.1, 0.15) is 52.4 Å². The van der Waals surface area contributed by atoms with E-state index in [4.69, 9.17) is 5.73 Å². The second-order valence-electron chi connectivity index (χ2n) is 6.78. The molecule has 3 rings (SSSR count). The maximum atomic E-state index is 6.24. The normalized spacial score (nSPS) is 42.8. The molecule has 2 heterocycles. The number of nitrogens with zero attached hydrogens (tertiary/aromatic N) is 2. The molecule has 3 fully saturated rings. The van der Waals surface area contributed by atoms with Crippen molar-refractivity contribution in [1.82, 2.24) is 9.80 Å². The van der Waals surface area contributed by atoms with E-state index in [1.165, 1.54) is 51.6 Å². The van der Waals surface area contributed by atoms with Crippen LogP contribution in [0, 0.1) is 0 Å². The quantitative estimate of drug-likeness (QED) is 0.827. The Hall–Kier alpha value is -0.120. The summed E-state index contributed by atoms with van der Waals surface area (Å²) in [5.74, 6) is 0. The van der Waals surface area contributed by atoms with Crippen LogP contribution in [-0.4, -0.2) is 53.1 Å². The number of hydrogen-bond donors (Lipinski definition) is 1. The highest BCUT2D eigenvalue weighted by Gasteiger charge is 2.50. The van der Waals surface area contributed by atoms with Gasteiger partial charge in [0, 0.05) is 43.3 Å². The van der Waals surface area contributed by atoms with Gasteiger partial charge < -0.3 is 5.73 Å². The van der Waals surface area contributed by atoms with Crippen molar-refractivity contribution in [3.8, 4) is 0 Å². The summed E-state index contributed by atoms with van der Waals surface area (Å²) in [7, 11) is 0. The first-order chi connectivity index (χ1) is 8.70. The Morgan fingerprint density at radius 3 is 2.61 bits per heavy atom. The van der Waals surface area contributed by atoms with Crippen LogP contribution in [0.3, 0.4) is 0 Å². The zero-order valence-corrected chi connectivity index (χ0v) is 12.1. The Morgan fingerprint density at radius 1 is 1.22 bits per heavy atom. The van der Waals surface area contributed by atoms with Gasteiger partial charge in [-0.25, -0.2) is 0 Å². The van der Waals surface area contributed by atoms with Crippen LogP contribution in [0.25, 0.3) is 0 Å². The summed E-state index contributed by atoms with van der Waals surface area (Å²) in [6, 6.07) is 2.41. The van der Waals surface area contributed by atoms with E-state index in [9.17, 15) is 0 Å². The highest BCUT2D eigenvalue weighted by atomic mass is 15.3. The van der Waals surface area contributed by atoms with Gasteiger partial charge >= 0.3 is 0 Å². The molecule has 0 radical (unpaired) electrons. The molecule has 0 aromatic carbocycles. The standard InChI is InChI=1S/C15H29N3/c1-3-13-5-4-12(2)18(13)15(10-16)8-9-17(11-15)14-6-7-14/h12-14H,3-11,16H2,1-2H3. The topological polar surface area (TPSA) is 32.5 Å². The third-order valence-electron chi connectivity index (χ3n) is 5.61. The van der Waals surface area contributed by atoms with E-state index in [2.05, 4.69) is 23.6 Å². The molecule has 2 N–H and O–H groups in total. The molecule has 0 aromatic rings. The summed E-state index contributed by atoms with van der Waals surface area (Å²) < 4.78 is 0. The molecule has 3 nitrogen and oxygen atoms in total. The largest absolute Gasteiger partial charge is 0.329 e. The maximum Gasteiger partial charge on any atom is 0.0476 e. The minimum Gasteiger partial charge on any atom is -0.329 e. The average Bonchev–Trinajstić information content (AvgIpc) is 3.03. The first-order valence-electron chi connectivity index (χ1n) is 7.93. The molecule has 3 aliphatic rings. The molecule has 3 heteroatoms. The number of rotatable bonds is 4. The summed E-state index contributed by atoms with van der Waals surface area (Å²) in [6.45, 7) is 8.11. The second kappa shape index (κ2) is 4.77. The summed E-state index contributed by atoms with van der Waals surface area (Å²) in [6.07, 6.45) is 8.17. The minimum absolute atomic E-state index is 0.291. The van der Waals surface area contributed by atoms with Gasteiger partial charge in [-0.1, -0.05) is 6.92 Å². The van der Waals surface area contributed by atoms with Crippen molar-refractivity contribution < 1.29 is 0 Å². The highest BCUT2D eigenvalue weighted by Crippen LogP contribution is 2.41. The molecule has 2 saturated heterocycles. The molecule has 1 aliphatic carbocycles. The van der Waals surface area contributed by atoms with Crippen molar-refractivity contribution in [3.63, 3.8) is 0 Å². The van der Waals surface area contributed by atoms with Crippen molar-refractivity contribution >= 4 is 0 Å². The van der Waals surface area contributed by atoms with Gasteiger partial charge in [-0.3, -0.25) is 9.80 Å². The molecule has 0 bridgehead atoms. The van der Waals surface area contributed by atoms with E-state index in [0.717, 1.165) is 24.7 Å². The Labute approximate surface area is 112 Å². The number of nitrogens with two attached hydrogens (primary N) is 1. The van der Waals surface area contributed by atoms with Gasteiger partial charge in [-0.2, -0.15) is 0 Å². The van der Waals surface area contributed by atoms with Crippen LogP contribution in [0.2, 0.25) is 0 Å². The van der Waals surface area contributed by atoms with E-state index in [1.54, 1.807) is 0 Å². The Balaban J connectivity index is 1.78. The zero-order chi connectivity index (χ0) is 12.8. The van der Waals surface area contributed by atoms with Crippen LogP contribution in [0.5, 0.6) is 0 Å². The van der Waals surface area contributed by atoms with E-state index in [1.807, 2.05) is 0 Å². The predicted octanol–water partition coefficient (Wildman–Crippen LogP) is 1.81. The molecule has 0 amide bonds. The Bertz CT molecular complexity index is 302. The van der Waals surface area contributed by atoms with Crippen molar-refractivity contribution in [3.05, 3.63) is 0 Å². The summed E-state index contributed by atoms with van der Waals surface area (Å²) >= 11 is 0. The fourth-order valence-electron chi connectivity index (χ4n) is 4.45. The summed E-state index contributed by atoms with van der Waals surface area (Å²) in [4.78, 5) is 5.53. The molecule has 18 heavy (non-hydrogen) atoms. The molecule has 104 valence electrons. The van der Waals surface area contributed by atoms with Crippen LogP contribution in [0.4, 0.5) is 0 Å².